The van der Waals surface area contributed by atoms with E-state index in [4.69, 9.17) is 4.74 Å². The highest BCUT2D eigenvalue weighted by Gasteiger charge is 2.36. The Balaban J connectivity index is 1.32. The molecule has 0 spiro atoms. The van der Waals surface area contributed by atoms with Crippen molar-refractivity contribution in [3.63, 3.8) is 0 Å². The number of benzene rings is 1. The molecule has 160 valence electrons. The van der Waals surface area contributed by atoms with Crippen LogP contribution in [-0.2, 0) is 14.9 Å². The van der Waals surface area contributed by atoms with Gasteiger partial charge in [0.2, 0.25) is 5.91 Å². The summed E-state index contributed by atoms with van der Waals surface area (Å²) in [6.07, 6.45) is 10.6. The van der Waals surface area contributed by atoms with Crippen molar-refractivity contribution in [1.29, 1.82) is 0 Å². The number of amides is 1. The Kier molecular flexibility index (Phi) is 6.92. The molecule has 0 atom stereocenters. The monoisotopic (exact) mass is 398 g/mol. The van der Waals surface area contributed by atoms with E-state index in [0.29, 0.717) is 11.5 Å². The minimum Gasteiger partial charge on any atom is -0.381 e. The first kappa shape index (κ1) is 20.9. The lowest BCUT2D eigenvalue weighted by atomic mass is 9.69. The van der Waals surface area contributed by atoms with Crippen LogP contribution in [0.4, 0.5) is 0 Å². The van der Waals surface area contributed by atoms with Gasteiger partial charge >= 0.3 is 0 Å². The predicted octanol–water partition coefficient (Wildman–Crippen LogP) is 4.20. The number of ether oxygens (including phenoxy) is 1. The number of nitrogens with zero attached hydrogens (tertiary/aromatic N) is 1. The number of aryl methyl sites for hydroxylation is 1. The van der Waals surface area contributed by atoms with E-state index >= 15 is 0 Å². The molecule has 1 aromatic carbocycles. The Morgan fingerprint density at radius 3 is 2.34 bits per heavy atom. The van der Waals surface area contributed by atoms with Gasteiger partial charge in [-0.15, -0.1) is 0 Å². The lowest BCUT2D eigenvalue weighted by Gasteiger charge is -2.44. The smallest absolute Gasteiger partial charge is 0.223 e. The first-order chi connectivity index (χ1) is 14.1. The van der Waals surface area contributed by atoms with Gasteiger partial charge in [-0.3, -0.25) is 4.79 Å². The van der Waals surface area contributed by atoms with Gasteiger partial charge in [-0.05, 0) is 51.0 Å². The second kappa shape index (κ2) is 9.61. The molecule has 2 aliphatic heterocycles. The van der Waals surface area contributed by atoms with E-state index in [1.807, 2.05) is 0 Å². The van der Waals surface area contributed by atoms with Crippen molar-refractivity contribution in [2.24, 2.45) is 5.92 Å². The van der Waals surface area contributed by atoms with Gasteiger partial charge in [0.25, 0.3) is 0 Å². The topological polar surface area (TPSA) is 41.6 Å². The Hall–Kier alpha value is -1.39. The van der Waals surface area contributed by atoms with E-state index in [9.17, 15) is 4.79 Å². The summed E-state index contributed by atoms with van der Waals surface area (Å²) in [7, 11) is 0. The van der Waals surface area contributed by atoms with E-state index in [-0.39, 0.29) is 11.8 Å². The van der Waals surface area contributed by atoms with Crippen LogP contribution >= 0.6 is 0 Å². The third kappa shape index (κ3) is 5.21. The van der Waals surface area contributed by atoms with Gasteiger partial charge in [-0.25, -0.2) is 0 Å². The highest BCUT2D eigenvalue weighted by Crippen LogP contribution is 2.40. The summed E-state index contributed by atoms with van der Waals surface area (Å²) in [5.74, 6) is 0.420. The lowest BCUT2D eigenvalue weighted by molar-refractivity contribution is -0.128. The number of likely N-dealkylation sites (tertiary alicyclic amines) is 1. The molecule has 1 N–H and O–H groups in total. The number of carbonyl (C=O) groups excluding carboxylic acids is 1. The van der Waals surface area contributed by atoms with Gasteiger partial charge in [0.1, 0.15) is 0 Å². The minimum absolute atomic E-state index is 0.161. The van der Waals surface area contributed by atoms with Crippen molar-refractivity contribution in [1.82, 2.24) is 10.2 Å². The maximum Gasteiger partial charge on any atom is 0.223 e. The van der Waals surface area contributed by atoms with Gasteiger partial charge in [-0.1, -0.05) is 49.1 Å². The third-order valence-electron chi connectivity index (χ3n) is 7.53. The van der Waals surface area contributed by atoms with Crippen molar-refractivity contribution in [2.45, 2.75) is 76.2 Å². The highest BCUT2D eigenvalue weighted by atomic mass is 16.5. The normalized spacial score (nSPS) is 24.3. The molecule has 0 bridgehead atoms. The maximum atomic E-state index is 12.5. The number of hydrogen-bond donors (Lipinski definition) is 1. The molecule has 1 saturated carbocycles. The van der Waals surface area contributed by atoms with Gasteiger partial charge in [-0.2, -0.15) is 0 Å². The van der Waals surface area contributed by atoms with Crippen LogP contribution in [0.3, 0.4) is 0 Å². The SMILES string of the molecule is Cc1ccc(C2(CN3CCC(NC(=O)C4CCOCC4)CC3)CCCCC2)cc1. The summed E-state index contributed by atoms with van der Waals surface area (Å²) in [5, 5.41) is 3.34. The van der Waals surface area contributed by atoms with E-state index in [0.717, 1.165) is 52.0 Å². The molecule has 3 fully saturated rings. The number of hydrogen-bond acceptors (Lipinski definition) is 3. The van der Waals surface area contributed by atoms with Crippen LogP contribution in [0.15, 0.2) is 24.3 Å². The van der Waals surface area contributed by atoms with Crippen molar-refractivity contribution in [3.8, 4) is 0 Å². The fraction of sp³-hybridized carbons (Fsp3) is 0.720. The Morgan fingerprint density at radius 2 is 1.69 bits per heavy atom. The molecule has 4 rings (SSSR count). The van der Waals surface area contributed by atoms with E-state index in [1.54, 1.807) is 0 Å². The number of carbonyl (C=O) groups is 1. The average Bonchev–Trinajstić information content (AvgIpc) is 2.77. The van der Waals surface area contributed by atoms with E-state index in [1.165, 1.54) is 49.8 Å². The quantitative estimate of drug-likeness (QED) is 0.808. The van der Waals surface area contributed by atoms with Crippen LogP contribution < -0.4 is 5.32 Å². The summed E-state index contributed by atoms with van der Waals surface area (Å²) < 4.78 is 5.39. The number of piperidine rings is 1. The Bertz CT molecular complexity index is 652. The summed E-state index contributed by atoms with van der Waals surface area (Å²) in [6, 6.07) is 9.67. The minimum atomic E-state index is 0.161. The molecule has 2 heterocycles. The number of rotatable bonds is 5. The molecule has 29 heavy (non-hydrogen) atoms. The molecule has 1 aromatic rings. The molecule has 3 aliphatic rings. The summed E-state index contributed by atoms with van der Waals surface area (Å²) in [6.45, 7) is 7.03. The van der Waals surface area contributed by atoms with Crippen molar-refractivity contribution in [2.75, 3.05) is 32.8 Å². The second-order valence-corrected chi connectivity index (χ2v) is 9.65. The number of nitrogens with one attached hydrogen (secondary N) is 1. The van der Waals surface area contributed by atoms with Gasteiger partial charge in [0, 0.05) is 50.2 Å². The largest absolute Gasteiger partial charge is 0.381 e. The second-order valence-electron chi connectivity index (χ2n) is 9.65. The molecule has 4 heteroatoms. The van der Waals surface area contributed by atoms with Crippen LogP contribution in [-0.4, -0.2) is 49.7 Å². The van der Waals surface area contributed by atoms with Crippen LogP contribution in [0.5, 0.6) is 0 Å². The molecule has 2 saturated heterocycles. The summed E-state index contributed by atoms with van der Waals surface area (Å²) in [4.78, 5) is 15.2. The predicted molar refractivity (Wildman–Crippen MR) is 117 cm³/mol. The first-order valence-corrected chi connectivity index (χ1v) is 11.8. The van der Waals surface area contributed by atoms with E-state index in [2.05, 4.69) is 41.4 Å². The van der Waals surface area contributed by atoms with Crippen LogP contribution in [0, 0.1) is 12.8 Å². The van der Waals surface area contributed by atoms with Gasteiger partial charge in [0.05, 0.1) is 0 Å². The van der Waals surface area contributed by atoms with Crippen LogP contribution in [0.25, 0.3) is 0 Å². The Morgan fingerprint density at radius 1 is 1.03 bits per heavy atom. The molecule has 0 aromatic heterocycles. The molecule has 1 amide bonds. The van der Waals surface area contributed by atoms with Crippen molar-refractivity contribution >= 4 is 5.91 Å². The molecular weight excluding hydrogens is 360 g/mol. The molecule has 4 nitrogen and oxygen atoms in total. The lowest BCUT2D eigenvalue weighted by Crippen LogP contribution is -2.50. The zero-order chi connectivity index (χ0) is 20.1. The average molecular weight is 399 g/mol. The Labute approximate surface area is 176 Å². The van der Waals surface area contributed by atoms with Crippen LogP contribution in [0.2, 0.25) is 0 Å². The molecule has 0 unspecified atom stereocenters. The van der Waals surface area contributed by atoms with Crippen molar-refractivity contribution in [3.05, 3.63) is 35.4 Å². The van der Waals surface area contributed by atoms with Crippen LogP contribution in [0.1, 0.15) is 68.9 Å². The summed E-state index contributed by atoms with van der Waals surface area (Å²) in [5.41, 5.74) is 3.21. The molecule has 1 aliphatic carbocycles. The zero-order valence-corrected chi connectivity index (χ0v) is 18.1. The first-order valence-electron chi connectivity index (χ1n) is 11.8. The summed E-state index contributed by atoms with van der Waals surface area (Å²) >= 11 is 0. The standard InChI is InChI=1S/C25H38N2O2/c1-20-5-7-22(8-6-20)25(13-3-2-4-14-25)19-27-15-9-23(10-16-27)26-24(28)21-11-17-29-18-12-21/h5-8,21,23H,2-4,9-19H2,1H3,(H,26,28). The molecule has 0 radical (unpaired) electrons. The van der Waals surface area contributed by atoms with Gasteiger partial charge < -0.3 is 15.0 Å². The molecular formula is C25H38N2O2. The third-order valence-corrected chi connectivity index (χ3v) is 7.53. The zero-order valence-electron chi connectivity index (χ0n) is 18.1. The maximum absolute atomic E-state index is 12.5. The van der Waals surface area contributed by atoms with Crippen molar-refractivity contribution < 1.29 is 9.53 Å². The fourth-order valence-electron chi connectivity index (χ4n) is 5.62. The highest BCUT2D eigenvalue weighted by molar-refractivity contribution is 5.79. The van der Waals surface area contributed by atoms with E-state index < -0.39 is 0 Å². The van der Waals surface area contributed by atoms with Gasteiger partial charge in [0.15, 0.2) is 0 Å². The fourth-order valence-corrected chi connectivity index (χ4v) is 5.62.